The third-order valence-corrected chi connectivity index (χ3v) is 2.61. The Hall–Kier alpha value is -0.380. The van der Waals surface area contributed by atoms with Gasteiger partial charge in [-0.2, -0.15) is 0 Å². The fourth-order valence-corrected chi connectivity index (χ4v) is 1.62. The number of hydrogen-bond acceptors (Lipinski definition) is 1. The van der Waals surface area contributed by atoms with Gasteiger partial charge in [-0.05, 0) is 18.6 Å². The smallest absolute Gasteiger partial charge is 0.149 e. The van der Waals surface area contributed by atoms with Gasteiger partial charge >= 0.3 is 0 Å². The zero-order valence-electron chi connectivity index (χ0n) is 8.97. The van der Waals surface area contributed by atoms with Gasteiger partial charge in [-0.1, -0.05) is 31.4 Å². The van der Waals surface area contributed by atoms with E-state index in [9.17, 15) is 8.78 Å². The summed E-state index contributed by atoms with van der Waals surface area (Å²) >= 11 is 5.57. The molecule has 0 aromatic heterocycles. The van der Waals surface area contributed by atoms with Gasteiger partial charge in [0.25, 0.3) is 0 Å². The summed E-state index contributed by atoms with van der Waals surface area (Å²) in [6.45, 7) is 2.00. The molecule has 0 amide bonds. The largest absolute Gasteiger partial charge is 0.324 e. The molecule has 5 heteroatoms. The normalized spacial score (nSPS) is 12.1. The molecule has 1 atom stereocenters. The summed E-state index contributed by atoms with van der Waals surface area (Å²) < 4.78 is 26.8. The van der Waals surface area contributed by atoms with Crippen LogP contribution in [0.4, 0.5) is 8.78 Å². The van der Waals surface area contributed by atoms with Gasteiger partial charge in [-0.25, -0.2) is 8.78 Å². The van der Waals surface area contributed by atoms with Crippen molar-refractivity contribution in [3.05, 3.63) is 34.4 Å². The van der Waals surface area contributed by atoms with Crippen molar-refractivity contribution >= 4 is 24.0 Å². The van der Waals surface area contributed by atoms with Crippen LogP contribution in [-0.2, 0) is 0 Å². The van der Waals surface area contributed by atoms with Crippen molar-refractivity contribution in [2.75, 3.05) is 0 Å². The van der Waals surface area contributed by atoms with E-state index in [0.717, 1.165) is 18.9 Å². The molecule has 1 rings (SSSR count). The number of nitrogens with two attached hydrogens (primary N) is 1. The lowest BCUT2D eigenvalue weighted by Crippen LogP contribution is -2.14. The summed E-state index contributed by atoms with van der Waals surface area (Å²) in [5.74, 6) is -1.36. The highest BCUT2D eigenvalue weighted by Gasteiger charge is 2.18. The van der Waals surface area contributed by atoms with Crippen molar-refractivity contribution in [2.24, 2.45) is 5.73 Å². The molecular formula is C11H15Cl2F2N. The molecule has 0 fully saturated rings. The first-order valence-corrected chi connectivity index (χ1v) is 5.34. The van der Waals surface area contributed by atoms with Gasteiger partial charge in [0.1, 0.15) is 11.6 Å². The molecule has 1 aromatic carbocycles. The van der Waals surface area contributed by atoms with Crippen LogP contribution in [-0.4, -0.2) is 0 Å². The van der Waals surface area contributed by atoms with E-state index in [1.807, 2.05) is 6.92 Å². The zero-order valence-corrected chi connectivity index (χ0v) is 10.5. The molecule has 0 aliphatic carbocycles. The number of rotatable bonds is 4. The lowest BCUT2D eigenvalue weighted by atomic mass is 10.0. The van der Waals surface area contributed by atoms with Crippen LogP contribution in [0.25, 0.3) is 0 Å². The molecule has 1 aromatic rings. The minimum absolute atomic E-state index is 0. The van der Waals surface area contributed by atoms with Crippen molar-refractivity contribution in [2.45, 2.75) is 32.2 Å². The monoisotopic (exact) mass is 269 g/mol. The second-order valence-corrected chi connectivity index (χ2v) is 3.91. The fraction of sp³-hybridized carbons (Fsp3) is 0.455. The highest BCUT2D eigenvalue weighted by Crippen LogP contribution is 2.27. The number of unbranched alkanes of at least 4 members (excludes halogenated alkanes) is 1. The van der Waals surface area contributed by atoms with Gasteiger partial charge < -0.3 is 5.73 Å². The maximum absolute atomic E-state index is 13.5. The lowest BCUT2D eigenvalue weighted by Gasteiger charge is -2.13. The van der Waals surface area contributed by atoms with Crippen LogP contribution in [0.1, 0.15) is 37.8 Å². The van der Waals surface area contributed by atoms with Gasteiger partial charge in [0, 0.05) is 11.6 Å². The van der Waals surface area contributed by atoms with Crippen molar-refractivity contribution in [1.82, 2.24) is 0 Å². The highest BCUT2D eigenvalue weighted by molar-refractivity contribution is 6.30. The van der Waals surface area contributed by atoms with Crippen LogP contribution in [0, 0.1) is 11.6 Å². The van der Waals surface area contributed by atoms with Gasteiger partial charge in [-0.3, -0.25) is 0 Å². The highest BCUT2D eigenvalue weighted by atomic mass is 35.5. The van der Waals surface area contributed by atoms with Gasteiger partial charge in [0.2, 0.25) is 0 Å². The van der Waals surface area contributed by atoms with E-state index in [-0.39, 0.29) is 23.0 Å². The first kappa shape index (κ1) is 15.6. The zero-order chi connectivity index (χ0) is 11.4. The third kappa shape index (κ3) is 3.58. The minimum Gasteiger partial charge on any atom is -0.324 e. The van der Waals surface area contributed by atoms with E-state index >= 15 is 0 Å². The van der Waals surface area contributed by atoms with Crippen LogP contribution < -0.4 is 5.73 Å². The third-order valence-electron chi connectivity index (χ3n) is 2.32. The van der Waals surface area contributed by atoms with Crippen molar-refractivity contribution in [3.63, 3.8) is 0 Å². The van der Waals surface area contributed by atoms with Crippen LogP contribution in [0.3, 0.4) is 0 Å². The first-order chi connectivity index (χ1) is 7.07. The molecule has 0 spiro atoms. The topological polar surface area (TPSA) is 26.0 Å². The Balaban J connectivity index is 0.00000225. The number of halogens is 4. The molecular weight excluding hydrogens is 255 g/mol. The predicted octanol–water partition coefficient (Wildman–Crippen LogP) is 4.23. The Morgan fingerprint density at radius 2 is 2.00 bits per heavy atom. The van der Waals surface area contributed by atoms with E-state index in [1.165, 1.54) is 6.07 Å². The molecule has 16 heavy (non-hydrogen) atoms. The quantitative estimate of drug-likeness (QED) is 0.814. The maximum atomic E-state index is 13.5. The Bertz CT molecular complexity index is 345. The molecule has 0 aliphatic rings. The molecule has 0 radical (unpaired) electrons. The molecule has 0 bridgehead atoms. The van der Waals surface area contributed by atoms with Crippen LogP contribution in [0.15, 0.2) is 12.1 Å². The Labute approximate surface area is 105 Å². The standard InChI is InChI=1S/C11H14ClF2N.ClH/c1-2-3-4-9(15)10-8(13)6-5-7(12)11(10)14;/h5-6,9H,2-4,15H2,1H3;1H/t9-;/m1./s1. The summed E-state index contributed by atoms with van der Waals surface area (Å²) in [5.41, 5.74) is 5.61. The van der Waals surface area contributed by atoms with Crippen LogP contribution >= 0.6 is 24.0 Å². The van der Waals surface area contributed by atoms with Gasteiger partial charge in [-0.15, -0.1) is 12.4 Å². The maximum Gasteiger partial charge on any atom is 0.149 e. The Morgan fingerprint density at radius 3 is 2.56 bits per heavy atom. The summed E-state index contributed by atoms with van der Waals surface area (Å²) in [7, 11) is 0. The van der Waals surface area contributed by atoms with Crippen molar-refractivity contribution in [1.29, 1.82) is 0 Å². The molecule has 0 saturated carbocycles. The van der Waals surface area contributed by atoms with E-state index in [1.54, 1.807) is 0 Å². The number of hydrogen-bond donors (Lipinski definition) is 1. The fourth-order valence-electron chi connectivity index (χ4n) is 1.45. The molecule has 0 heterocycles. The SMILES string of the molecule is CCCC[C@@H](N)c1c(F)ccc(Cl)c1F.Cl. The average Bonchev–Trinajstić information content (AvgIpc) is 2.21. The van der Waals surface area contributed by atoms with Crippen LogP contribution in [0.5, 0.6) is 0 Å². The molecule has 0 aliphatic heterocycles. The number of benzene rings is 1. The second kappa shape index (κ2) is 7.05. The summed E-state index contributed by atoms with van der Waals surface area (Å²) in [6, 6.07) is 1.72. The summed E-state index contributed by atoms with van der Waals surface area (Å²) in [5, 5.41) is -0.0849. The van der Waals surface area contributed by atoms with Gasteiger partial charge in [0.05, 0.1) is 5.02 Å². The second-order valence-electron chi connectivity index (χ2n) is 3.51. The summed E-state index contributed by atoms with van der Waals surface area (Å²) in [4.78, 5) is 0. The average molecular weight is 270 g/mol. The molecule has 0 saturated heterocycles. The Kier molecular flexibility index (Phi) is 6.88. The Morgan fingerprint density at radius 1 is 1.38 bits per heavy atom. The van der Waals surface area contributed by atoms with Crippen molar-refractivity contribution in [3.8, 4) is 0 Å². The van der Waals surface area contributed by atoms with Crippen LogP contribution in [0.2, 0.25) is 5.02 Å². The van der Waals surface area contributed by atoms with E-state index < -0.39 is 17.7 Å². The predicted molar refractivity (Wildman–Crippen MR) is 65.1 cm³/mol. The van der Waals surface area contributed by atoms with E-state index in [0.29, 0.717) is 6.42 Å². The lowest BCUT2D eigenvalue weighted by molar-refractivity contribution is 0.503. The van der Waals surface area contributed by atoms with Crippen molar-refractivity contribution < 1.29 is 8.78 Å². The molecule has 2 N–H and O–H groups in total. The van der Waals surface area contributed by atoms with Gasteiger partial charge in [0.15, 0.2) is 0 Å². The van der Waals surface area contributed by atoms with E-state index in [2.05, 4.69) is 0 Å². The summed E-state index contributed by atoms with van der Waals surface area (Å²) in [6.07, 6.45) is 2.34. The first-order valence-electron chi connectivity index (χ1n) is 4.96. The van der Waals surface area contributed by atoms with E-state index in [4.69, 9.17) is 17.3 Å². The molecule has 92 valence electrons. The minimum atomic E-state index is -0.736. The molecule has 0 unspecified atom stereocenters. The molecule has 1 nitrogen and oxygen atoms in total.